The van der Waals surface area contributed by atoms with Crippen LogP contribution in [-0.2, 0) is 6.42 Å². The van der Waals surface area contributed by atoms with Crippen molar-refractivity contribution in [1.82, 2.24) is 5.32 Å². The molecule has 0 aliphatic carbocycles. The minimum absolute atomic E-state index is 0.0404. The van der Waals surface area contributed by atoms with Crippen LogP contribution < -0.4 is 5.32 Å². The monoisotopic (exact) mass is 310 g/mol. The van der Waals surface area contributed by atoms with Gasteiger partial charge in [-0.25, -0.2) is 0 Å². The number of rotatable bonds is 6. The van der Waals surface area contributed by atoms with Gasteiger partial charge in [-0.2, -0.15) is 0 Å². The SMILES string of the molecule is CCNC(Cc1ccccc1[N+](=O)[O-])c1ccc(Cl)s1. The first-order valence-corrected chi connectivity index (χ1v) is 7.52. The van der Waals surface area contributed by atoms with Crippen LogP contribution in [0.25, 0.3) is 0 Å². The molecule has 0 spiro atoms. The molecule has 0 amide bonds. The molecule has 0 bridgehead atoms. The van der Waals surface area contributed by atoms with Gasteiger partial charge < -0.3 is 5.32 Å². The number of hydrogen-bond donors (Lipinski definition) is 1. The van der Waals surface area contributed by atoms with E-state index in [1.54, 1.807) is 18.2 Å². The van der Waals surface area contributed by atoms with E-state index < -0.39 is 0 Å². The summed E-state index contributed by atoms with van der Waals surface area (Å²) in [5.74, 6) is 0. The molecular formula is C14H15ClN2O2S. The number of nitrogens with one attached hydrogen (secondary N) is 1. The van der Waals surface area contributed by atoms with E-state index in [0.717, 1.165) is 21.3 Å². The maximum absolute atomic E-state index is 11.1. The fourth-order valence-corrected chi connectivity index (χ4v) is 3.25. The third-order valence-corrected chi connectivity index (χ3v) is 4.35. The maximum Gasteiger partial charge on any atom is 0.272 e. The second-order valence-corrected chi connectivity index (χ2v) is 6.09. The van der Waals surface area contributed by atoms with E-state index in [0.29, 0.717) is 6.42 Å². The molecule has 1 N–H and O–H groups in total. The molecule has 1 unspecified atom stereocenters. The van der Waals surface area contributed by atoms with Gasteiger partial charge in [0.1, 0.15) is 0 Å². The van der Waals surface area contributed by atoms with Crippen LogP contribution in [-0.4, -0.2) is 11.5 Å². The van der Waals surface area contributed by atoms with Crippen LogP contribution in [0.3, 0.4) is 0 Å². The summed E-state index contributed by atoms with van der Waals surface area (Å²) < 4.78 is 0.727. The van der Waals surface area contributed by atoms with Gasteiger partial charge >= 0.3 is 0 Å². The lowest BCUT2D eigenvalue weighted by atomic mass is 10.0. The number of thiophene rings is 1. The number of hydrogen-bond acceptors (Lipinski definition) is 4. The average molecular weight is 311 g/mol. The Morgan fingerprint density at radius 1 is 1.35 bits per heavy atom. The second kappa shape index (κ2) is 6.83. The fraction of sp³-hybridized carbons (Fsp3) is 0.286. The molecule has 1 atom stereocenters. The van der Waals surface area contributed by atoms with Crippen molar-refractivity contribution in [2.75, 3.05) is 6.54 Å². The fourth-order valence-electron chi connectivity index (χ4n) is 2.12. The molecule has 106 valence electrons. The van der Waals surface area contributed by atoms with Crippen molar-refractivity contribution in [3.05, 3.63) is 61.3 Å². The molecular weight excluding hydrogens is 296 g/mol. The van der Waals surface area contributed by atoms with Crippen molar-refractivity contribution in [3.63, 3.8) is 0 Å². The maximum atomic E-state index is 11.1. The number of para-hydroxylation sites is 1. The zero-order valence-corrected chi connectivity index (χ0v) is 12.6. The van der Waals surface area contributed by atoms with Gasteiger partial charge in [-0.3, -0.25) is 10.1 Å². The molecule has 0 saturated carbocycles. The Hall–Kier alpha value is -1.43. The Balaban J connectivity index is 2.27. The zero-order valence-electron chi connectivity index (χ0n) is 11.0. The highest BCUT2D eigenvalue weighted by molar-refractivity contribution is 7.16. The second-order valence-electron chi connectivity index (χ2n) is 4.34. The highest BCUT2D eigenvalue weighted by Gasteiger charge is 2.19. The van der Waals surface area contributed by atoms with Gasteiger partial charge in [0.25, 0.3) is 5.69 Å². The molecule has 0 saturated heterocycles. The van der Waals surface area contributed by atoms with Gasteiger partial charge in [-0.1, -0.05) is 36.7 Å². The highest BCUT2D eigenvalue weighted by atomic mass is 35.5. The van der Waals surface area contributed by atoms with E-state index in [-0.39, 0.29) is 16.7 Å². The molecule has 4 nitrogen and oxygen atoms in total. The third kappa shape index (κ3) is 3.56. The lowest BCUT2D eigenvalue weighted by molar-refractivity contribution is -0.385. The quantitative estimate of drug-likeness (QED) is 0.642. The highest BCUT2D eigenvalue weighted by Crippen LogP contribution is 2.31. The molecule has 0 aliphatic heterocycles. The third-order valence-electron chi connectivity index (χ3n) is 3.00. The molecule has 2 rings (SSSR count). The van der Waals surface area contributed by atoms with E-state index in [4.69, 9.17) is 11.6 Å². The largest absolute Gasteiger partial charge is 0.309 e. The average Bonchev–Trinajstić information content (AvgIpc) is 2.85. The van der Waals surface area contributed by atoms with Gasteiger partial charge in [-0.05, 0) is 25.1 Å². The topological polar surface area (TPSA) is 55.2 Å². The molecule has 0 fully saturated rings. The van der Waals surface area contributed by atoms with Crippen molar-refractivity contribution >= 4 is 28.6 Å². The summed E-state index contributed by atoms with van der Waals surface area (Å²) in [6.07, 6.45) is 0.571. The lowest BCUT2D eigenvalue weighted by Crippen LogP contribution is -2.22. The molecule has 6 heteroatoms. The normalized spacial score (nSPS) is 12.3. The van der Waals surface area contributed by atoms with E-state index in [9.17, 15) is 10.1 Å². The lowest BCUT2D eigenvalue weighted by Gasteiger charge is -2.16. The molecule has 1 aromatic carbocycles. The summed E-state index contributed by atoms with van der Waals surface area (Å²) in [4.78, 5) is 11.8. The number of benzene rings is 1. The van der Waals surface area contributed by atoms with Crippen LogP contribution >= 0.6 is 22.9 Å². The van der Waals surface area contributed by atoms with Crippen molar-refractivity contribution in [2.45, 2.75) is 19.4 Å². The van der Waals surface area contributed by atoms with E-state index in [2.05, 4.69) is 5.32 Å². The van der Waals surface area contributed by atoms with Gasteiger partial charge in [-0.15, -0.1) is 11.3 Å². The van der Waals surface area contributed by atoms with Crippen LogP contribution in [0.15, 0.2) is 36.4 Å². The molecule has 0 radical (unpaired) electrons. The van der Waals surface area contributed by atoms with Gasteiger partial charge in [0.05, 0.1) is 9.26 Å². The minimum Gasteiger partial charge on any atom is -0.309 e. The van der Waals surface area contributed by atoms with Crippen LogP contribution in [0.4, 0.5) is 5.69 Å². The standard InChI is InChI=1S/C14H15ClN2O2S/c1-2-16-11(13-7-8-14(15)20-13)9-10-5-3-4-6-12(10)17(18)19/h3-8,11,16H,2,9H2,1H3. The Bertz CT molecular complexity index is 600. The zero-order chi connectivity index (χ0) is 14.5. The van der Waals surface area contributed by atoms with Crippen molar-refractivity contribution in [1.29, 1.82) is 0 Å². The molecule has 1 heterocycles. The van der Waals surface area contributed by atoms with Crippen molar-refractivity contribution in [2.24, 2.45) is 0 Å². The van der Waals surface area contributed by atoms with Crippen LogP contribution in [0.1, 0.15) is 23.4 Å². The summed E-state index contributed by atoms with van der Waals surface area (Å²) in [7, 11) is 0. The van der Waals surface area contributed by atoms with Gasteiger partial charge in [0.15, 0.2) is 0 Å². The van der Waals surface area contributed by atoms with E-state index in [1.807, 2.05) is 25.1 Å². The van der Waals surface area contributed by atoms with Crippen molar-refractivity contribution in [3.8, 4) is 0 Å². The smallest absolute Gasteiger partial charge is 0.272 e. The predicted molar refractivity (Wildman–Crippen MR) is 82.5 cm³/mol. The first-order valence-electron chi connectivity index (χ1n) is 6.32. The minimum atomic E-state index is -0.334. The van der Waals surface area contributed by atoms with E-state index in [1.165, 1.54) is 11.3 Å². The van der Waals surface area contributed by atoms with Crippen molar-refractivity contribution < 1.29 is 4.92 Å². The van der Waals surface area contributed by atoms with Crippen LogP contribution in [0.5, 0.6) is 0 Å². The number of nitro benzene ring substituents is 1. The summed E-state index contributed by atoms with van der Waals surface area (Å²) in [5.41, 5.74) is 0.894. The van der Waals surface area contributed by atoms with Crippen LogP contribution in [0, 0.1) is 10.1 Å². The van der Waals surface area contributed by atoms with Gasteiger partial charge in [0.2, 0.25) is 0 Å². The first kappa shape index (κ1) is 15.0. The first-order chi connectivity index (χ1) is 9.61. The number of nitrogens with zero attached hydrogens (tertiary/aromatic N) is 1. The summed E-state index contributed by atoms with van der Waals surface area (Å²) >= 11 is 7.47. The number of halogens is 1. The molecule has 1 aromatic heterocycles. The number of nitro groups is 1. The van der Waals surface area contributed by atoms with Gasteiger partial charge in [0, 0.05) is 22.5 Å². The Labute approximate surface area is 126 Å². The van der Waals surface area contributed by atoms with Crippen LogP contribution in [0.2, 0.25) is 4.34 Å². The Kier molecular flexibility index (Phi) is 5.11. The molecule has 2 aromatic rings. The molecule has 0 aliphatic rings. The number of likely N-dealkylation sites (N-methyl/N-ethyl adjacent to an activating group) is 1. The van der Waals surface area contributed by atoms with E-state index >= 15 is 0 Å². The molecule has 20 heavy (non-hydrogen) atoms. The Morgan fingerprint density at radius 2 is 2.10 bits per heavy atom. The Morgan fingerprint density at radius 3 is 2.70 bits per heavy atom. The summed E-state index contributed by atoms with van der Waals surface area (Å²) in [5, 5.41) is 14.4. The summed E-state index contributed by atoms with van der Waals surface area (Å²) in [6, 6.07) is 10.7. The summed E-state index contributed by atoms with van der Waals surface area (Å²) in [6.45, 7) is 2.81. The predicted octanol–water partition coefficient (Wildman–Crippen LogP) is 4.20.